The van der Waals surface area contributed by atoms with Gasteiger partial charge in [0.15, 0.2) is 0 Å². The third-order valence-corrected chi connectivity index (χ3v) is 4.18. The van der Waals surface area contributed by atoms with Crippen molar-refractivity contribution in [1.29, 1.82) is 0 Å². The molecule has 18 heavy (non-hydrogen) atoms. The van der Waals surface area contributed by atoms with Crippen molar-refractivity contribution >= 4 is 21.6 Å². The second kappa shape index (κ2) is 6.01. The Bertz CT molecular complexity index is 500. The van der Waals surface area contributed by atoms with Crippen molar-refractivity contribution in [3.8, 4) is 0 Å². The molecule has 0 radical (unpaired) electrons. The Hall–Kier alpha value is -1.35. The van der Waals surface area contributed by atoms with E-state index in [1.165, 1.54) is 26.9 Å². The summed E-state index contributed by atoms with van der Waals surface area (Å²) in [5.74, 6) is 0. The van der Waals surface area contributed by atoms with Gasteiger partial charge in [-0.1, -0.05) is 15.9 Å². The molecule has 0 aliphatic carbocycles. The molecule has 0 saturated carbocycles. The van der Waals surface area contributed by atoms with Crippen LogP contribution < -0.4 is 5.32 Å². The largest absolute Gasteiger partial charge is 0.385 e. The zero-order valence-corrected chi connectivity index (χ0v) is 12.3. The molecule has 2 aromatic rings. The maximum atomic E-state index is 4.02. The van der Waals surface area contributed by atoms with E-state index in [1.807, 2.05) is 12.4 Å². The van der Waals surface area contributed by atoms with Crippen molar-refractivity contribution < 1.29 is 0 Å². The summed E-state index contributed by atoms with van der Waals surface area (Å²) >= 11 is 3.58. The Morgan fingerprint density at radius 1 is 1.11 bits per heavy atom. The molecule has 0 spiro atoms. The highest BCUT2D eigenvalue weighted by Gasteiger charge is 2.01. The third kappa shape index (κ3) is 3.33. The van der Waals surface area contributed by atoms with Gasteiger partial charge in [-0.3, -0.25) is 4.98 Å². The maximum absolute atomic E-state index is 4.02. The first-order valence-electron chi connectivity index (χ1n) is 6.06. The van der Waals surface area contributed by atoms with Crippen LogP contribution in [0.25, 0.3) is 0 Å². The highest BCUT2D eigenvalue weighted by Crippen LogP contribution is 2.24. The summed E-state index contributed by atoms with van der Waals surface area (Å²) in [6.07, 6.45) is 4.68. The van der Waals surface area contributed by atoms with E-state index >= 15 is 0 Å². The van der Waals surface area contributed by atoms with Gasteiger partial charge in [-0.2, -0.15) is 0 Å². The molecular formula is C15H17BrN2. The van der Waals surface area contributed by atoms with Gasteiger partial charge in [0, 0.05) is 29.1 Å². The number of hydrogen-bond donors (Lipinski definition) is 1. The fourth-order valence-corrected chi connectivity index (χ4v) is 2.18. The normalized spacial score (nSPS) is 10.4. The number of halogens is 1. The smallest absolute Gasteiger partial charge is 0.0346 e. The average molecular weight is 305 g/mol. The van der Waals surface area contributed by atoms with E-state index < -0.39 is 0 Å². The van der Waals surface area contributed by atoms with Gasteiger partial charge >= 0.3 is 0 Å². The van der Waals surface area contributed by atoms with Gasteiger partial charge in [0.05, 0.1) is 0 Å². The molecule has 0 aliphatic rings. The number of anilines is 1. The Balaban J connectivity index is 1.95. The van der Waals surface area contributed by atoms with Crippen molar-refractivity contribution in [2.75, 3.05) is 11.9 Å². The number of hydrogen-bond acceptors (Lipinski definition) is 2. The molecule has 0 unspecified atom stereocenters. The topological polar surface area (TPSA) is 24.9 Å². The van der Waals surface area contributed by atoms with Gasteiger partial charge < -0.3 is 5.32 Å². The molecule has 1 aromatic heterocycles. The van der Waals surface area contributed by atoms with Crippen LogP contribution in [0.1, 0.15) is 16.7 Å². The lowest BCUT2D eigenvalue weighted by Gasteiger charge is -2.10. The fourth-order valence-electron chi connectivity index (χ4n) is 1.95. The fraction of sp³-hybridized carbons (Fsp3) is 0.267. The summed E-state index contributed by atoms with van der Waals surface area (Å²) in [6, 6.07) is 8.45. The van der Waals surface area contributed by atoms with Gasteiger partial charge in [0.25, 0.3) is 0 Å². The summed E-state index contributed by atoms with van der Waals surface area (Å²) in [4.78, 5) is 4.02. The molecule has 2 rings (SSSR count). The van der Waals surface area contributed by atoms with Crippen LogP contribution in [0.4, 0.5) is 5.69 Å². The number of nitrogens with one attached hydrogen (secondary N) is 1. The van der Waals surface area contributed by atoms with Crippen molar-refractivity contribution in [2.45, 2.75) is 20.3 Å². The summed E-state index contributed by atoms with van der Waals surface area (Å²) in [5.41, 5.74) is 5.02. The van der Waals surface area contributed by atoms with Crippen LogP contribution in [0.3, 0.4) is 0 Å². The quantitative estimate of drug-likeness (QED) is 0.919. The Kier molecular flexibility index (Phi) is 4.37. The molecule has 1 aromatic carbocycles. The van der Waals surface area contributed by atoms with Crippen LogP contribution >= 0.6 is 15.9 Å². The van der Waals surface area contributed by atoms with Gasteiger partial charge in [-0.15, -0.1) is 0 Å². The Labute approximate surface area is 117 Å². The van der Waals surface area contributed by atoms with E-state index in [1.54, 1.807) is 0 Å². The molecule has 0 saturated heterocycles. The van der Waals surface area contributed by atoms with Crippen LogP contribution in [0.5, 0.6) is 0 Å². The van der Waals surface area contributed by atoms with Crippen molar-refractivity contribution in [3.63, 3.8) is 0 Å². The van der Waals surface area contributed by atoms with Crippen LogP contribution in [-0.2, 0) is 6.42 Å². The lowest BCUT2D eigenvalue weighted by atomic mass is 10.1. The number of rotatable bonds is 4. The molecule has 1 heterocycles. The number of pyridine rings is 1. The van der Waals surface area contributed by atoms with Gasteiger partial charge in [0.2, 0.25) is 0 Å². The second-order valence-electron chi connectivity index (χ2n) is 4.46. The van der Waals surface area contributed by atoms with E-state index in [-0.39, 0.29) is 0 Å². The van der Waals surface area contributed by atoms with Gasteiger partial charge in [-0.25, -0.2) is 0 Å². The Morgan fingerprint density at radius 2 is 1.72 bits per heavy atom. The predicted molar refractivity (Wildman–Crippen MR) is 80.0 cm³/mol. The van der Waals surface area contributed by atoms with E-state index in [0.29, 0.717) is 0 Å². The van der Waals surface area contributed by atoms with Crippen LogP contribution in [0.15, 0.2) is 41.1 Å². The first kappa shape index (κ1) is 13.1. The van der Waals surface area contributed by atoms with Crippen LogP contribution in [0, 0.1) is 13.8 Å². The average Bonchev–Trinajstić information content (AvgIpc) is 2.37. The third-order valence-electron chi connectivity index (χ3n) is 2.93. The van der Waals surface area contributed by atoms with E-state index in [0.717, 1.165) is 13.0 Å². The summed E-state index contributed by atoms with van der Waals surface area (Å²) in [6.45, 7) is 5.17. The molecule has 0 amide bonds. The molecule has 2 nitrogen and oxygen atoms in total. The first-order valence-corrected chi connectivity index (χ1v) is 6.85. The predicted octanol–water partition coefficient (Wildman–Crippen LogP) is 4.12. The van der Waals surface area contributed by atoms with Gasteiger partial charge in [-0.05, 0) is 61.2 Å². The number of aryl methyl sites for hydroxylation is 2. The summed E-state index contributed by atoms with van der Waals surface area (Å²) in [5, 5.41) is 3.46. The summed E-state index contributed by atoms with van der Waals surface area (Å²) in [7, 11) is 0. The van der Waals surface area contributed by atoms with Crippen LogP contribution in [0.2, 0.25) is 0 Å². The molecule has 0 fully saturated rings. The highest BCUT2D eigenvalue weighted by atomic mass is 79.9. The molecular weight excluding hydrogens is 288 g/mol. The zero-order valence-electron chi connectivity index (χ0n) is 10.7. The highest BCUT2D eigenvalue weighted by molar-refractivity contribution is 9.10. The lowest BCUT2D eigenvalue weighted by Crippen LogP contribution is -2.05. The number of aromatic nitrogens is 1. The van der Waals surface area contributed by atoms with Gasteiger partial charge in [0.1, 0.15) is 0 Å². The number of benzene rings is 1. The van der Waals surface area contributed by atoms with Crippen molar-refractivity contribution in [1.82, 2.24) is 4.98 Å². The van der Waals surface area contributed by atoms with Crippen molar-refractivity contribution in [2.24, 2.45) is 0 Å². The van der Waals surface area contributed by atoms with E-state index in [9.17, 15) is 0 Å². The minimum absolute atomic E-state index is 0.935. The minimum Gasteiger partial charge on any atom is -0.385 e. The maximum Gasteiger partial charge on any atom is 0.0346 e. The second-order valence-corrected chi connectivity index (χ2v) is 5.25. The number of nitrogens with zero attached hydrogens (tertiary/aromatic N) is 1. The molecule has 1 N–H and O–H groups in total. The molecule has 0 atom stereocenters. The molecule has 94 valence electrons. The molecule has 0 bridgehead atoms. The van der Waals surface area contributed by atoms with Crippen molar-refractivity contribution in [3.05, 3.63) is 57.8 Å². The summed E-state index contributed by atoms with van der Waals surface area (Å²) < 4.78 is 1.20. The SMILES string of the molecule is Cc1cc(NCCc2ccncc2)cc(C)c1Br. The van der Waals surface area contributed by atoms with E-state index in [4.69, 9.17) is 0 Å². The lowest BCUT2D eigenvalue weighted by molar-refractivity contribution is 1.01. The first-order chi connectivity index (χ1) is 8.66. The standard InChI is InChI=1S/C15H17BrN2/c1-11-9-14(10-12(2)15(11)16)18-8-5-13-3-6-17-7-4-13/h3-4,6-7,9-10,18H,5,8H2,1-2H3. The van der Waals surface area contributed by atoms with E-state index in [2.05, 4.69) is 64.3 Å². The monoisotopic (exact) mass is 304 g/mol. The van der Waals surface area contributed by atoms with Crippen LogP contribution in [-0.4, -0.2) is 11.5 Å². The molecule has 3 heteroatoms. The minimum atomic E-state index is 0.935. The Morgan fingerprint density at radius 3 is 2.33 bits per heavy atom. The molecule has 0 aliphatic heterocycles. The zero-order chi connectivity index (χ0) is 13.0.